The maximum Gasteiger partial charge on any atom is 0.146 e. The molecule has 1 aromatic carbocycles. The normalized spacial score (nSPS) is 15.2. The van der Waals surface area contributed by atoms with Crippen LogP contribution in [0, 0.1) is 0 Å². The predicted molar refractivity (Wildman–Crippen MR) is 55.1 cm³/mol. The molecule has 1 N–H and O–H groups in total. The Morgan fingerprint density at radius 3 is 2.86 bits per heavy atom. The summed E-state index contributed by atoms with van der Waals surface area (Å²) in [5.74, 6) is 0.259. The molecule has 0 atom stereocenters. The van der Waals surface area contributed by atoms with Crippen molar-refractivity contribution >= 4 is 11.9 Å². The first-order chi connectivity index (χ1) is 6.72. The van der Waals surface area contributed by atoms with E-state index in [2.05, 4.69) is 0 Å². The molecule has 0 unspecified atom stereocenters. The first-order valence-corrected chi connectivity index (χ1v) is 4.69. The summed E-state index contributed by atoms with van der Waals surface area (Å²) in [6, 6.07) is 5.35. The van der Waals surface area contributed by atoms with Gasteiger partial charge in [0.2, 0.25) is 0 Å². The predicted octanol–water partition coefficient (Wildman–Crippen LogP) is 2.31. The molecule has 2 rings (SSSR count). The van der Waals surface area contributed by atoms with Gasteiger partial charge in [-0.3, -0.25) is 4.79 Å². The topological polar surface area (TPSA) is 37.3 Å². The number of phenols is 1. The molecule has 1 aromatic rings. The summed E-state index contributed by atoms with van der Waals surface area (Å²) >= 11 is 0. The van der Waals surface area contributed by atoms with Crippen molar-refractivity contribution < 1.29 is 9.90 Å². The minimum atomic E-state index is 0.259. The van der Waals surface area contributed by atoms with Gasteiger partial charge in [-0.25, -0.2) is 0 Å². The SMILES string of the molecule is CC1=C(C=O)CCc2ccc(O)cc21. The molecule has 0 fully saturated rings. The smallest absolute Gasteiger partial charge is 0.146 e. The number of allylic oxidation sites excluding steroid dienone is 2. The molecule has 2 nitrogen and oxygen atoms in total. The van der Waals surface area contributed by atoms with Gasteiger partial charge in [0.1, 0.15) is 12.0 Å². The third-order valence-electron chi connectivity index (χ3n) is 2.79. The molecule has 1 aliphatic rings. The summed E-state index contributed by atoms with van der Waals surface area (Å²) in [5.41, 5.74) is 4.07. The van der Waals surface area contributed by atoms with Crippen molar-refractivity contribution in [1.29, 1.82) is 0 Å². The van der Waals surface area contributed by atoms with Crippen LogP contribution < -0.4 is 0 Å². The first-order valence-electron chi connectivity index (χ1n) is 4.69. The van der Waals surface area contributed by atoms with Crippen molar-refractivity contribution in [2.24, 2.45) is 0 Å². The van der Waals surface area contributed by atoms with Gasteiger partial charge in [-0.2, -0.15) is 0 Å². The van der Waals surface area contributed by atoms with Crippen LogP contribution in [0.15, 0.2) is 23.8 Å². The number of aldehydes is 1. The van der Waals surface area contributed by atoms with Gasteiger partial charge in [0, 0.05) is 0 Å². The Kier molecular flexibility index (Phi) is 2.12. The quantitative estimate of drug-likeness (QED) is 0.687. The molecule has 0 saturated carbocycles. The van der Waals surface area contributed by atoms with Crippen molar-refractivity contribution in [3.8, 4) is 5.75 Å². The van der Waals surface area contributed by atoms with Crippen LogP contribution in [-0.2, 0) is 11.2 Å². The number of hydrogen-bond donors (Lipinski definition) is 1. The zero-order chi connectivity index (χ0) is 10.1. The number of aromatic hydroxyl groups is 1. The van der Waals surface area contributed by atoms with Crippen LogP contribution in [0.4, 0.5) is 0 Å². The second kappa shape index (κ2) is 3.29. The van der Waals surface area contributed by atoms with E-state index < -0.39 is 0 Å². The van der Waals surface area contributed by atoms with Gasteiger partial charge in [-0.1, -0.05) is 6.07 Å². The minimum absolute atomic E-state index is 0.259. The Morgan fingerprint density at radius 2 is 2.14 bits per heavy atom. The number of fused-ring (bicyclic) bond motifs is 1. The number of phenolic OH excluding ortho intramolecular Hbond substituents is 1. The highest BCUT2D eigenvalue weighted by atomic mass is 16.3. The maximum absolute atomic E-state index is 10.7. The summed E-state index contributed by atoms with van der Waals surface area (Å²) in [4.78, 5) is 10.7. The zero-order valence-corrected chi connectivity index (χ0v) is 8.08. The van der Waals surface area contributed by atoms with Crippen LogP contribution >= 0.6 is 0 Å². The molecule has 0 bridgehead atoms. The standard InChI is InChI=1S/C12H12O2/c1-8-10(7-13)3-2-9-4-5-11(14)6-12(8)9/h4-7,14H,2-3H2,1H3. The van der Waals surface area contributed by atoms with Gasteiger partial charge < -0.3 is 5.11 Å². The molecule has 0 aromatic heterocycles. The van der Waals surface area contributed by atoms with Crippen LogP contribution in [0.2, 0.25) is 0 Å². The average molecular weight is 188 g/mol. The van der Waals surface area contributed by atoms with Crippen molar-refractivity contribution in [3.05, 3.63) is 34.9 Å². The molecule has 0 heterocycles. The monoisotopic (exact) mass is 188 g/mol. The highest BCUT2D eigenvalue weighted by Crippen LogP contribution is 2.32. The fourth-order valence-electron chi connectivity index (χ4n) is 1.91. The lowest BCUT2D eigenvalue weighted by molar-refractivity contribution is -0.105. The lowest BCUT2D eigenvalue weighted by Crippen LogP contribution is -2.03. The van der Waals surface area contributed by atoms with Gasteiger partial charge in [-0.05, 0) is 54.2 Å². The van der Waals surface area contributed by atoms with Gasteiger partial charge in [0.15, 0.2) is 0 Å². The Balaban J connectivity index is 2.60. The molecule has 1 aliphatic carbocycles. The largest absolute Gasteiger partial charge is 0.508 e. The molecule has 0 spiro atoms. The molecule has 2 heteroatoms. The van der Waals surface area contributed by atoms with E-state index in [0.29, 0.717) is 0 Å². The molecule has 14 heavy (non-hydrogen) atoms. The summed E-state index contributed by atoms with van der Waals surface area (Å²) in [5, 5.41) is 9.35. The summed E-state index contributed by atoms with van der Waals surface area (Å²) in [6.45, 7) is 1.93. The molecular formula is C12H12O2. The Morgan fingerprint density at radius 1 is 1.36 bits per heavy atom. The fraction of sp³-hybridized carbons (Fsp3) is 0.250. The summed E-state index contributed by atoms with van der Waals surface area (Å²) in [7, 11) is 0. The van der Waals surface area contributed by atoms with Gasteiger partial charge in [0.25, 0.3) is 0 Å². The minimum Gasteiger partial charge on any atom is -0.508 e. The van der Waals surface area contributed by atoms with E-state index in [9.17, 15) is 9.90 Å². The summed E-state index contributed by atoms with van der Waals surface area (Å²) < 4.78 is 0. The third-order valence-corrected chi connectivity index (χ3v) is 2.79. The van der Waals surface area contributed by atoms with Crippen LogP contribution in [-0.4, -0.2) is 11.4 Å². The van der Waals surface area contributed by atoms with E-state index in [-0.39, 0.29) is 5.75 Å². The number of rotatable bonds is 1. The van der Waals surface area contributed by atoms with E-state index in [1.165, 1.54) is 5.56 Å². The number of hydrogen-bond acceptors (Lipinski definition) is 2. The zero-order valence-electron chi connectivity index (χ0n) is 8.08. The highest BCUT2D eigenvalue weighted by Gasteiger charge is 2.15. The van der Waals surface area contributed by atoms with Crippen LogP contribution in [0.25, 0.3) is 5.57 Å². The molecule has 0 amide bonds. The van der Waals surface area contributed by atoms with E-state index in [4.69, 9.17) is 0 Å². The Bertz CT molecular complexity index is 416. The van der Waals surface area contributed by atoms with Crippen molar-refractivity contribution in [2.45, 2.75) is 19.8 Å². The van der Waals surface area contributed by atoms with Gasteiger partial charge in [0.05, 0.1) is 0 Å². The second-order valence-corrected chi connectivity index (χ2v) is 3.61. The van der Waals surface area contributed by atoms with Crippen LogP contribution in [0.3, 0.4) is 0 Å². The number of carbonyl (C=O) groups excluding carboxylic acids is 1. The molecular weight excluding hydrogens is 176 g/mol. The third kappa shape index (κ3) is 1.33. The first kappa shape index (κ1) is 9.00. The van der Waals surface area contributed by atoms with Crippen LogP contribution in [0.5, 0.6) is 5.75 Å². The van der Waals surface area contributed by atoms with Crippen LogP contribution in [0.1, 0.15) is 24.5 Å². The average Bonchev–Trinajstić information content (AvgIpc) is 2.20. The Hall–Kier alpha value is -1.57. The Labute approximate surface area is 82.9 Å². The molecule has 72 valence electrons. The van der Waals surface area contributed by atoms with E-state index in [1.807, 2.05) is 13.0 Å². The van der Waals surface area contributed by atoms with Crippen molar-refractivity contribution in [1.82, 2.24) is 0 Å². The number of carbonyl (C=O) groups is 1. The van der Waals surface area contributed by atoms with Gasteiger partial charge in [-0.15, -0.1) is 0 Å². The lowest BCUT2D eigenvalue weighted by Gasteiger charge is -2.18. The van der Waals surface area contributed by atoms with E-state index in [1.54, 1.807) is 12.1 Å². The maximum atomic E-state index is 10.7. The van der Waals surface area contributed by atoms with E-state index in [0.717, 1.165) is 35.8 Å². The lowest BCUT2D eigenvalue weighted by atomic mass is 9.87. The highest BCUT2D eigenvalue weighted by molar-refractivity contribution is 5.89. The van der Waals surface area contributed by atoms with Crippen molar-refractivity contribution in [2.75, 3.05) is 0 Å². The van der Waals surface area contributed by atoms with Crippen molar-refractivity contribution in [3.63, 3.8) is 0 Å². The summed E-state index contributed by atoms with van der Waals surface area (Å²) in [6.07, 6.45) is 2.62. The number of benzene rings is 1. The molecule has 0 radical (unpaired) electrons. The van der Waals surface area contributed by atoms with Gasteiger partial charge >= 0.3 is 0 Å². The molecule has 0 saturated heterocycles. The second-order valence-electron chi connectivity index (χ2n) is 3.61. The molecule has 0 aliphatic heterocycles. The van der Waals surface area contributed by atoms with E-state index >= 15 is 0 Å². The fourth-order valence-corrected chi connectivity index (χ4v) is 1.91. The number of aryl methyl sites for hydroxylation is 1.